The third-order valence-electron chi connectivity index (χ3n) is 3.20. The van der Waals surface area contributed by atoms with Gasteiger partial charge in [0, 0.05) is 19.3 Å². The van der Waals surface area contributed by atoms with E-state index >= 15 is 0 Å². The predicted octanol–water partition coefficient (Wildman–Crippen LogP) is 2.42. The van der Waals surface area contributed by atoms with Gasteiger partial charge in [-0.1, -0.05) is 29.8 Å². The van der Waals surface area contributed by atoms with Gasteiger partial charge >= 0.3 is 0 Å². The predicted molar refractivity (Wildman–Crippen MR) is 61.7 cm³/mol. The van der Waals surface area contributed by atoms with Crippen LogP contribution in [-0.4, -0.2) is 13.2 Å². The van der Waals surface area contributed by atoms with E-state index in [1.807, 2.05) is 0 Å². The van der Waals surface area contributed by atoms with Crippen molar-refractivity contribution < 1.29 is 4.74 Å². The Hall–Kier alpha value is -0.860. The van der Waals surface area contributed by atoms with Crippen molar-refractivity contribution in [2.45, 2.75) is 25.8 Å². The van der Waals surface area contributed by atoms with Gasteiger partial charge in [0.1, 0.15) is 0 Å². The molecule has 1 aliphatic heterocycles. The van der Waals surface area contributed by atoms with Gasteiger partial charge in [0.05, 0.1) is 0 Å². The number of benzene rings is 1. The van der Waals surface area contributed by atoms with Gasteiger partial charge < -0.3 is 10.5 Å². The third kappa shape index (κ3) is 2.58. The fourth-order valence-corrected chi connectivity index (χ4v) is 2.22. The summed E-state index contributed by atoms with van der Waals surface area (Å²) in [5.74, 6) is 0.584. The molecule has 2 N–H and O–H groups in total. The summed E-state index contributed by atoms with van der Waals surface area (Å²) in [7, 11) is 0. The molecule has 1 saturated heterocycles. The molecule has 82 valence electrons. The Labute approximate surface area is 91.4 Å². The molecule has 1 atom stereocenters. The van der Waals surface area contributed by atoms with Gasteiger partial charge in [-0.15, -0.1) is 0 Å². The molecule has 1 heterocycles. The van der Waals surface area contributed by atoms with Crippen molar-refractivity contribution in [1.82, 2.24) is 0 Å². The molecule has 0 bridgehead atoms. The number of hydrogen-bond donors (Lipinski definition) is 1. The van der Waals surface area contributed by atoms with Crippen molar-refractivity contribution in [3.8, 4) is 0 Å². The summed E-state index contributed by atoms with van der Waals surface area (Å²) in [6.07, 6.45) is 2.18. The van der Waals surface area contributed by atoms with Crippen molar-refractivity contribution in [3.63, 3.8) is 0 Å². The lowest BCUT2D eigenvalue weighted by atomic mass is 9.87. The van der Waals surface area contributed by atoms with Crippen LogP contribution in [0.4, 0.5) is 0 Å². The molecule has 0 spiro atoms. The fraction of sp³-hybridized carbons (Fsp3) is 0.538. The summed E-state index contributed by atoms with van der Waals surface area (Å²) < 4.78 is 5.35. The first-order chi connectivity index (χ1) is 7.27. The first-order valence-corrected chi connectivity index (χ1v) is 5.67. The van der Waals surface area contributed by atoms with Crippen molar-refractivity contribution in [1.29, 1.82) is 0 Å². The maximum absolute atomic E-state index is 6.28. The molecule has 2 nitrogen and oxygen atoms in total. The Morgan fingerprint density at radius 2 is 2.07 bits per heavy atom. The van der Waals surface area contributed by atoms with Gasteiger partial charge in [0.15, 0.2) is 0 Å². The van der Waals surface area contributed by atoms with E-state index in [0.717, 1.165) is 26.1 Å². The standard InChI is InChI=1S/C13H19NO/c1-10-3-2-4-12(9-10)13(14)11-5-7-15-8-6-11/h2-4,9,11,13H,5-8,14H2,1H3/t13-/m1/s1. The fourth-order valence-electron chi connectivity index (χ4n) is 2.22. The molecule has 0 saturated carbocycles. The van der Waals surface area contributed by atoms with Gasteiger partial charge in [0.25, 0.3) is 0 Å². The van der Waals surface area contributed by atoms with E-state index in [-0.39, 0.29) is 6.04 Å². The average Bonchev–Trinajstić information content (AvgIpc) is 2.29. The van der Waals surface area contributed by atoms with Crippen LogP contribution in [0.15, 0.2) is 24.3 Å². The van der Waals surface area contributed by atoms with Crippen LogP contribution in [0.2, 0.25) is 0 Å². The number of aryl methyl sites for hydroxylation is 1. The van der Waals surface area contributed by atoms with Crippen LogP contribution in [0, 0.1) is 12.8 Å². The highest BCUT2D eigenvalue weighted by molar-refractivity contribution is 5.25. The second-order valence-electron chi connectivity index (χ2n) is 4.39. The smallest absolute Gasteiger partial charge is 0.0469 e. The summed E-state index contributed by atoms with van der Waals surface area (Å²) in [6, 6.07) is 8.70. The number of rotatable bonds is 2. The molecule has 1 aromatic carbocycles. The van der Waals surface area contributed by atoms with Crippen LogP contribution in [0.5, 0.6) is 0 Å². The van der Waals surface area contributed by atoms with Crippen molar-refractivity contribution in [2.24, 2.45) is 11.7 Å². The molecular formula is C13H19NO. The summed E-state index contributed by atoms with van der Waals surface area (Å²) in [4.78, 5) is 0. The Morgan fingerprint density at radius 3 is 2.73 bits per heavy atom. The molecule has 2 heteroatoms. The van der Waals surface area contributed by atoms with Crippen LogP contribution >= 0.6 is 0 Å². The first kappa shape index (κ1) is 10.7. The van der Waals surface area contributed by atoms with E-state index in [9.17, 15) is 0 Å². The van der Waals surface area contributed by atoms with Gasteiger partial charge in [-0.3, -0.25) is 0 Å². The van der Waals surface area contributed by atoms with Gasteiger partial charge in [0.2, 0.25) is 0 Å². The second kappa shape index (κ2) is 4.77. The number of nitrogens with two attached hydrogens (primary N) is 1. The molecular weight excluding hydrogens is 186 g/mol. The molecule has 0 radical (unpaired) electrons. The molecule has 1 aromatic rings. The van der Waals surface area contributed by atoms with E-state index in [0.29, 0.717) is 5.92 Å². The molecule has 1 aliphatic rings. The molecule has 0 aromatic heterocycles. The Bertz CT molecular complexity index is 318. The van der Waals surface area contributed by atoms with Crippen LogP contribution in [0.25, 0.3) is 0 Å². The zero-order valence-electron chi connectivity index (χ0n) is 9.28. The van der Waals surface area contributed by atoms with E-state index in [4.69, 9.17) is 10.5 Å². The zero-order chi connectivity index (χ0) is 10.7. The third-order valence-corrected chi connectivity index (χ3v) is 3.20. The van der Waals surface area contributed by atoms with Crippen LogP contribution in [-0.2, 0) is 4.74 Å². The van der Waals surface area contributed by atoms with E-state index in [2.05, 4.69) is 31.2 Å². The second-order valence-corrected chi connectivity index (χ2v) is 4.39. The quantitative estimate of drug-likeness (QED) is 0.804. The van der Waals surface area contributed by atoms with Crippen LogP contribution in [0.3, 0.4) is 0 Å². The maximum atomic E-state index is 6.28. The normalized spacial score (nSPS) is 20.1. The lowest BCUT2D eigenvalue weighted by Gasteiger charge is -2.28. The maximum Gasteiger partial charge on any atom is 0.0469 e. The minimum absolute atomic E-state index is 0.175. The Kier molecular flexibility index (Phi) is 3.39. The van der Waals surface area contributed by atoms with Gasteiger partial charge in [-0.05, 0) is 31.2 Å². The largest absolute Gasteiger partial charge is 0.381 e. The van der Waals surface area contributed by atoms with Crippen LogP contribution in [0.1, 0.15) is 30.0 Å². The Morgan fingerprint density at radius 1 is 1.33 bits per heavy atom. The zero-order valence-corrected chi connectivity index (χ0v) is 9.28. The SMILES string of the molecule is Cc1cccc([C@H](N)C2CCOCC2)c1. The molecule has 15 heavy (non-hydrogen) atoms. The minimum atomic E-state index is 0.175. The van der Waals surface area contributed by atoms with Gasteiger partial charge in [-0.2, -0.15) is 0 Å². The number of hydrogen-bond acceptors (Lipinski definition) is 2. The van der Waals surface area contributed by atoms with Crippen molar-refractivity contribution >= 4 is 0 Å². The van der Waals surface area contributed by atoms with E-state index in [1.54, 1.807) is 0 Å². The Balaban J connectivity index is 2.08. The van der Waals surface area contributed by atoms with Crippen molar-refractivity contribution in [3.05, 3.63) is 35.4 Å². The first-order valence-electron chi connectivity index (χ1n) is 5.67. The van der Waals surface area contributed by atoms with Gasteiger partial charge in [-0.25, -0.2) is 0 Å². The molecule has 0 unspecified atom stereocenters. The van der Waals surface area contributed by atoms with Crippen molar-refractivity contribution in [2.75, 3.05) is 13.2 Å². The molecule has 2 rings (SSSR count). The van der Waals surface area contributed by atoms with E-state index in [1.165, 1.54) is 11.1 Å². The highest BCUT2D eigenvalue weighted by Crippen LogP contribution is 2.28. The number of ether oxygens (including phenoxy) is 1. The monoisotopic (exact) mass is 205 g/mol. The highest BCUT2D eigenvalue weighted by atomic mass is 16.5. The average molecular weight is 205 g/mol. The highest BCUT2D eigenvalue weighted by Gasteiger charge is 2.21. The topological polar surface area (TPSA) is 35.2 Å². The molecule has 0 aliphatic carbocycles. The van der Waals surface area contributed by atoms with E-state index < -0.39 is 0 Å². The summed E-state index contributed by atoms with van der Waals surface area (Å²) in [6.45, 7) is 3.84. The lowest BCUT2D eigenvalue weighted by molar-refractivity contribution is 0.0584. The summed E-state index contributed by atoms with van der Waals surface area (Å²) in [5, 5.41) is 0. The van der Waals surface area contributed by atoms with Crippen LogP contribution < -0.4 is 5.73 Å². The lowest BCUT2D eigenvalue weighted by Crippen LogP contribution is -2.27. The molecule has 1 fully saturated rings. The minimum Gasteiger partial charge on any atom is -0.381 e. The summed E-state index contributed by atoms with van der Waals surface area (Å²) in [5.41, 5.74) is 8.84. The summed E-state index contributed by atoms with van der Waals surface area (Å²) >= 11 is 0. The molecule has 0 amide bonds.